The molecule has 1 saturated heterocycles. The minimum atomic E-state index is -0.245. The van der Waals surface area contributed by atoms with Crippen LogP contribution < -0.4 is 4.90 Å². The van der Waals surface area contributed by atoms with Crippen molar-refractivity contribution in [2.75, 3.05) is 23.7 Å². The summed E-state index contributed by atoms with van der Waals surface area (Å²) in [5, 5.41) is 9.45. The number of furan rings is 1. The third-order valence-corrected chi connectivity index (χ3v) is 5.16. The van der Waals surface area contributed by atoms with Crippen LogP contribution in [0, 0.1) is 5.92 Å². The minimum absolute atomic E-state index is 0.116. The van der Waals surface area contributed by atoms with Crippen LogP contribution in [0.25, 0.3) is 0 Å². The molecule has 26 heavy (non-hydrogen) atoms. The van der Waals surface area contributed by atoms with E-state index in [9.17, 15) is 4.79 Å². The first-order valence-corrected chi connectivity index (χ1v) is 10.0. The van der Waals surface area contributed by atoms with Crippen LogP contribution in [0.15, 0.2) is 28.0 Å². The summed E-state index contributed by atoms with van der Waals surface area (Å²) in [7, 11) is 0. The summed E-state index contributed by atoms with van der Waals surface area (Å²) < 4.78 is 12.7. The van der Waals surface area contributed by atoms with E-state index >= 15 is 0 Å². The Bertz CT molecular complexity index is 714. The molecule has 0 aliphatic carbocycles. The lowest BCUT2D eigenvalue weighted by Crippen LogP contribution is -2.36. The number of ether oxygens (including phenoxy) is 1. The first-order chi connectivity index (χ1) is 12.5. The van der Waals surface area contributed by atoms with Crippen LogP contribution in [-0.2, 0) is 16.1 Å². The number of aromatic nitrogens is 3. The van der Waals surface area contributed by atoms with Crippen molar-refractivity contribution in [3.8, 4) is 0 Å². The summed E-state index contributed by atoms with van der Waals surface area (Å²) >= 11 is 1.35. The molecular formula is C18H26N4O3S. The minimum Gasteiger partial charge on any atom is -0.467 e. The summed E-state index contributed by atoms with van der Waals surface area (Å²) in [4.78, 5) is 14.2. The Labute approximate surface area is 158 Å². The Balaban J connectivity index is 1.78. The molecule has 3 heterocycles. The van der Waals surface area contributed by atoms with Crippen molar-refractivity contribution in [1.29, 1.82) is 0 Å². The fourth-order valence-corrected chi connectivity index (χ4v) is 3.83. The zero-order chi connectivity index (χ0) is 18.5. The Morgan fingerprint density at radius 1 is 1.46 bits per heavy atom. The molecule has 1 aliphatic rings. The molecule has 2 aromatic rings. The molecule has 0 N–H and O–H groups in total. The fourth-order valence-electron chi connectivity index (χ4n) is 3.11. The number of esters is 1. The van der Waals surface area contributed by atoms with Gasteiger partial charge < -0.3 is 14.1 Å². The maximum Gasteiger partial charge on any atom is 0.316 e. The number of rotatable bonds is 7. The van der Waals surface area contributed by atoms with E-state index in [4.69, 9.17) is 9.15 Å². The zero-order valence-electron chi connectivity index (χ0n) is 15.6. The van der Waals surface area contributed by atoms with Gasteiger partial charge in [-0.1, -0.05) is 18.7 Å². The van der Waals surface area contributed by atoms with E-state index in [-0.39, 0.29) is 17.8 Å². The van der Waals surface area contributed by atoms with Crippen molar-refractivity contribution in [3.05, 3.63) is 24.2 Å². The second-order valence-corrected chi connectivity index (χ2v) is 7.91. The van der Waals surface area contributed by atoms with Crippen molar-refractivity contribution in [3.63, 3.8) is 0 Å². The molecule has 3 rings (SSSR count). The number of hydrogen-bond acceptors (Lipinski definition) is 7. The lowest BCUT2D eigenvalue weighted by atomic mass is 10.0. The van der Waals surface area contributed by atoms with Crippen molar-refractivity contribution < 1.29 is 13.9 Å². The van der Waals surface area contributed by atoms with Gasteiger partial charge in [-0.15, -0.1) is 10.2 Å². The molecule has 142 valence electrons. The number of hydrogen-bond donors (Lipinski definition) is 0. The van der Waals surface area contributed by atoms with E-state index in [1.807, 2.05) is 30.5 Å². The van der Waals surface area contributed by atoms with Crippen molar-refractivity contribution >= 4 is 23.7 Å². The SMILES string of the molecule is CC1CCCN(c2nnc(SCC(=O)OC(C)C)n2Cc2ccco2)C1. The quantitative estimate of drug-likeness (QED) is 0.541. The third-order valence-electron chi connectivity index (χ3n) is 4.22. The third kappa shape index (κ3) is 4.81. The second kappa shape index (κ2) is 8.62. The first-order valence-electron chi connectivity index (χ1n) is 9.05. The van der Waals surface area contributed by atoms with Crippen LogP contribution >= 0.6 is 11.8 Å². The van der Waals surface area contributed by atoms with Gasteiger partial charge in [0.15, 0.2) is 5.16 Å². The fraction of sp³-hybridized carbons (Fsp3) is 0.611. The number of piperidine rings is 1. The van der Waals surface area contributed by atoms with Crippen LogP contribution in [0.5, 0.6) is 0 Å². The van der Waals surface area contributed by atoms with Crippen molar-refractivity contribution in [2.45, 2.75) is 51.4 Å². The van der Waals surface area contributed by atoms with Crippen LogP contribution in [-0.4, -0.2) is 45.7 Å². The Kier molecular flexibility index (Phi) is 6.24. The van der Waals surface area contributed by atoms with E-state index in [0.29, 0.717) is 17.6 Å². The summed E-state index contributed by atoms with van der Waals surface area (Å²) in [6, 6.07) is 3.80. The van der Waals surface area contributed by atoms with Gasteiger partial charge in [-0.05, 0) is 44.7 Å². The smallest absolute Gasteiger partial charge is 0.316 e. The molecule has 0 saturated carbocycles. The second-order valence-electron chi connectivity index (χ2n) is 6.97. The van der Waals surface area contributed by atoms with Crippen LogP contribution in [0.3, 0.4) is 0 Å². The lowest BCUT2D eigenvalue weighted by molar-refractivity contribution is -0.144. The van der Waals surface area contributed by atoms with Gasteiger partial charge in [0.05, 0.1) is 24.7 Å². The normalized spacial score (nSPS) is 17.7. The molecule has 7 nitrogen and oxygen atoms in total. The van der Waals surface area contributed by atoms with Crippen molar-refractivity contribution in [1.82, 2.24) is 14.8 Å². The predicted molar refractivity (Wildman–Crippen MR) is 100 cm³/mol. The summed E-state index contributed by atoms with van der Waals surface area (Å²) in [5.41, 5.74) is 0. The zero-order valence-corrected chi connectivity index (χ0v) is 16.4. The number of carbonyl (C=O) groups is 1. The lowest BCUT2D eigenvalue weighted by Gasteiger charge is -2.31. The standard InChI is InChI=1S/C18H26N4O3S/c1-13(2)25-16(23)12-26-18-20-19-17(21-8-4-6-14(3)10-21)22(18)11-15-7-5-9-24-15/h5,7,9,13-14H,4,6,8,10-12H2,1-3H3. The average Bonchev–Trinajstić information content (AvgIpc) is 3.23. The molecule has 1 aliphatic heterocycles. The van der Waals surface area contributed by atoms with Crippen molar-refractivity contribution in [2.24, 2.45) is 5.92 Å². The molecule has 0 aromatic carbocycles. The van der Waals surface area contributed by atoms with Gasteiger partial charge >= 0.3 is 5.97 Å². The van der Waals surface area contributed by atoms with E-state index in [1.54, 1.807) is 6.26 Å². The largest absolute Gasteiger partial charge is 0.467 e. The van der Waals surface area contributed by atoms with Gasteiger partial charge in [0.25, 0.3) is 0 Å². The van der Waals surface area contributed by atoms with Gasteiger partial charge in [-0.25, -0.2) is 0 Å². The van der Waals surface area contributed by atoms with Gasteiger partial charge in [-0.3, -0.25) is 9.36 Å². The molecule has 0 bridgehead atoms. The molecule has 1 atom stereocenters. The molecule has 0 amide bonds. The van der Waals surface area contributed by atoms with E-state index < -0.39 is 0 Å². The highest BCUT2D eigenvalue weighted by molar-refractivity contribution is 7.99. The maximum absolute atomic E-state index is 11.9. The summed E-state index contributed by atoms with van der Waals surface area (Å²) in [6.07, 6.45) is 3.94. The molecule has 2 aromatic heterocycles. The maximum atomic E-state index is 11.9. The summed E-state index contributed by atoms with van der Waals surface area (Å²) in [6.45, 7) is 8.44. The topological polar surface area (TPSA) is 73.4 Å². The first kappa shape index (κ1) is 18.8. The van der Waals surface area contributed by atoms with E-state index in [0.717, 1.165) is 31.2 Å². The van der Waals surface area contributed by atoms with Gasteiger partial charge in [0.1, 0.15) is 5.76 Å². The van der Waals surface area contributed by atoms with Gasteiger partial charge in [-0.2, -0.15) is 0 Å². The number of nitrogens with zero attached hydrogens (tertiary/aromatic N) is 4. The highest BCUT2D eigenvalue weighted by atomic mass is 32.2. The predicted octanol–water partition coefficient (Wildman–Crippen LogP) is 3.20. The molecule has 1 unspecified atom stereocenters. The molecule has 8 heteroatoms. The molecule has 1 fully saturated rings. The Morgan fingerprint density at radius 2 is 2.31 bits per heavy atom. The number of thioether (sulfide) groups is 1. The van der Waals surface area contributed by atoms with Crippen LogP contribution in [0.2, 0.25) is 0 Å². The number of anilines is 1. The monoisotopic (exact) mass is 378 g/mol. The van der Waals surface area contributed by atoms with Crippen LogP contribution in [0.1, 0.15) is 39.4 Å². The van der Waals surface area contributed by atoms with E-state index in [2.05, 4.69) is 22.0 Å². The Hall–Kier alpha value is -1.96. The molecule has 0 radical (unpaired) electrons. The van der Waals surface area contributed by atoms with E-state index in [1.165, 1.54) is 18.2 Å². The Morgan fingerprint density at radius 3 is 3.00 bits per heavy atom. The highest BCUT2D eigenvalue weighted by Crippen LogP contribution is 2.27. The van der Waals surface area contributed by atoms with Gasteiger partial charge in [0.2, 0.25) is 5.95 Å². The molecular weight excluding hydrogens is 352 g/mol. The molecule has 0 spiro atoms. The summed E-state index contributed by atoms with van der Waals surface area (Å²) in [5.74, 6) is 2.28. The number of carbonyl (C=O) groups excluding carboxylic acids is 1. The average molecular weight is 378 g/mol. The van der Waals surface area contributed by atoms with Gasteiger partial charge in [0, 0.05) is 13.1 Å². The van der Waals surface area contributed by atoms with Crippen LogP contribution in [0.4, 0.5) is 5.95 Å². The highest BCUT2D eigenvalue weighted by Gasteiger charge is 2.24.